The molecule has 94 valence electrons. The number of nitrogens with zero attached hydrogens (tertiary/aromatic N) is 2. The Bertz CT molecular complexity index is 478. The summed E-state index contributed by atoms with van der Waals surface area (Å²) in [4.78, 5) is 15.3. The van der Waals surface area contributed by atoms with E-state index in [1.807, 2.05) is 22.6 Å². The highest BCUT2D eigenvalue weighted by Gasteiger charge is 2.35. The fourth-order valence-electron chi connectivity index (χ4n) is 1.71. The van der Waals surface area contributed by atoms with Crippen molar-refractivity contribution in [1.29, 1.82) is 0 Å². The highest BCUT2D eigenvalue weighted by molar-refractivity contribution is 14.1. The minimum Gasteiger partial charge on any atom is -0.394 e. The van der Waals surface area contributed by atoms with Crippen molar-refractivity contribution in [3.05, 3.63) is 20.3 Å². The molecule has 1 aromatic rings. The van der Waals surface area contributed by atoms with Crippen molar-refractivity contribution < 1.29 is 14.9 Å². The van der Waals surface area contributed by atoms with Gasteiger partial charge in [-0.25, -0.2) is 4.79 Å². The number of nitrogen functional groups attached to an aromatic ring is 1. The SMILES string of the molecule is Nc1nc(=O)n([C@H]2CC(O)[C@@H](CO)O2)cc1I. The summed E-state index contributed by atoms with van der Waals surface area (Å²) < 4.78 is 7.27. The van der Waals surface area contributed by atoms with Crippen molar-refractivity contribution in [2.24, 2.45) is 0 Å². The molecular weight excluding hydrogens is 341 g/mol. The van der Waals surface area contributed by atoms with Gasteiger partial charge < -0.3 is 20.7 Å². The second-order valence-electron chi connectivity index (χ2n) is 3.78. The van der Waals surface area contributed by atoms with E-state index in [4.69, 9.17) is 15.6 Å². The summed E-state index contributed by atoms with van der Waals surface area (Å²) in [5, 5.41) is 18.5. The number of hydrogen-bond acceptors (Lipinski definition) is 6. The Kier molecular flexibility index (Phi) is 3.66. The Hall–Kier alpha value is -0.710. The number of halogens is 1. The molecule has 3 atom stereocenters. The highest BCUT2D eigenvalue weighted by Crippen LogP contribution is 2.27. The van der Waals surface area contributed by atoms with Gasteiger partial charge in [-0.1, -0.05) is 0 Å². The Morgan fingerprint density at radius 2 is 2.41 bits per heavy atom. The minimum atomic E-state index is -0.785. The summed E-state index contributed by atoms with van der Waals surface area (Å²) in [5.41, 5.74) is 4.98. The molecular formula is C9H12IN3O4. The maximum Gasteiger partial charge on any atom is 0.351 e. The van der Waals surface area contributed by atoms with Gasteiger partial charge in [0.25, 0.3) is 0 Å². The van der Waals surface area contributed by atoms with Gasteiger partial charge in [0.1, 0.15) is 18.1 Å². The van der Waals surface area contributed by atoms with Crippen LogP contribution < -0.4 is 11.4 Å². The second kappa shape index (κ2) is 4.88. The largest absolute Gasteiger partial charge is 0.394 e. The number of aliphatic hydroxyl groups excluding tert-OH is 2. The number of ether oxygens (including phenoxy) is 1. The van der Waals surface area contributed by atoms with Gasteiger partial charge >= 0.3 is 5.69 Å². The third-order valence-electron chi connectivity index (χ3n) is 2.63. The summed E-state index contributed by atoms with van der Waals surface area (Å²) in [6.45, 7) is -0.286. The molecule has 1 aromatic heterocycles. The molecule has 0 spiro atoms. The molecule has 1 fully saturated rings. The van der Waals surface area contributed by atoms with E-state index in [1.165, 1.54) is 10.8 Å². The van der Waals surface area contributed by atoms with E-state index in [1.54, 1.807) is 0 Å². The molecule has 2 rings (SSSR count). The fraction of sp³-hybridized carbons (Fsp3) is 0.556. The van der Waals surface area contributed by atoms with Crippen LogP contribution in [0.5, 0.6) is 0 Å². The van der Waals surface area contributed by atoms with Gasteiger partial charge in [-0.15, -0.1) is 0 Å². The number of aliphatic hydroxyl groups is 2. The molecule has 0 aromatic carbocycles. The lowest BCUT2D eigenvalue weighted by atomic mass is 10.2. The summed E-state index contributed by atoms with van der Waals surface area (Å²) in [6, 6.07) is 0. The van der Waals surface area contributed by atoms with Gasteiger partial charge in [0, 0.05) is 12.6 Å². The number of nitrogens with two attached hydrogens (primary N) is 1. The smallest absolute Gasteiger partial charge is 0.351 e. The quantitative estimate of drug-likeness (QED) is 0.593. The Morgan fingerprint density at radius 3 is 3.00 bits per heavy atom. The predicted molar refractivity (Wildman–Crippen MR) is 67.2 cm³/mol. The molecule has 0 aliphatic carbocycles. The number of rotatable bonds is 2. The van der Waals surface area contributed by atoms with Crippen LogP contribution in [-0.4, -0.2) is 38.6 Å². The van der Waals surface area contributed by atoms with Gasteiger partial charge in [0.05, 0.1) is 16.3 Å². The van der Waals surface area contributed by atoms with E-state index in [0.717, 1.165) is 0 Å². The molecule has 0 saturated carbocycles. The second-order valence-corrected chi connectivity index (χ2v) is 4.94. The van der Waals surface area contributed by atoms with Crippen LogP contribution in [0.1, 0.15) is 12.6 Å². The van der Waals surface area contributed by atoms with E-state index in [-0.39, 0.29) is 18.8 Å². The fourth-order valence-corrected chi connectivity index (χ4v) is 2.13. The molecule has 0 radical (unpaired) electrons. The molecule has 7 nitrogen and oxygen atoms in total. The lowest BCUT2D eigenvalue weighted by molar-refractivity contribution is -0.0459. The van der Waals surface area contributed by atoms with Crippen molar-refractivity contribution in [3.63, 3.8) is 0 Å². The summed E-state index contributed by atoms with van der Waals surface area (Å²) in [7, 11) is 0. The van der Waals surface area contributed by atoms with Gasteiger partial charge in [-0.05, 0) is 22.6 Å². The first-order valence-corrected chi connectivity index (χ1v) is 6.09. The van der Waals surface area contributed by atoms with Crippen LogP contribution in [-0.2, 0) is 4.74 Å². The van der Waals surface area contributed by atoms with Gasteiger partial charge in [0.15, 0.2) is 0 Å². The zero-order chi connectivity index (χ0) is 12.6. The first-order chi connectivity index (χ1) is 8.02. The van der Waals surface area contributed by atoms with Crippen LogP contribution in [0.2, 0.25) is 0 Å². The highest BCUT2D eigenvalue weighted by atomic mass is 127. The monoisotopic (exact) mass is 353 g/mol. The topological polar surface area (TPSA) is 111 Å². The summed E-state index contributed by atoms with van der Waals surface area (Å²) >= 11 is 1.96. The third kappa shape index (κ3) is 2.44. The number of hydrogen-bond donors (Lipinski definition) is 3. The predicted octanol–water partition coefficient (Wildman–Crippen LogP) is -0.929. The number of aromatic nitrogens is 2. The molecule has 1 unspecified atom stereocenters. The average molecular weight is 353 g/mol. The van der Waals surface area contributed by atoms with Crippen LogP contribution >= 0.6 is 22.6 Å². The first kappa shape index (κ1) is 12.7. The molecule has 4 N–H and O–H groups in total. The van der Waals surface area contributed by atoms with Crippen LogP contribution in [0.3, 0.4) is 0 Å². The minimum absolute atomic E-state index is 0.170. The Labute approximate surface area is 110 Å². The van der Waals surface area contributed by atoms with E-state index in [0.29, 0.717) is 3.57 Å². The molecule has 0 amide bonds. The lowest BCUT2D eigenvalue weighted by Crippen LogP contribution is -2.28. The molecule has 1 aliphatic heterocycles. The normalized spacial score (nSPS) is 28.5. The molecule has 1 aliphatic rings. The van der Waals surface area contributed by atoms with Crippen LogP contribution in [0.4, 0.5) is 5.82 Å². The standard InChI is InChI=1S/C9H12IN3O4/c10-4-2-13(9(16)12-8(4)11)7-1-5(15)6(3-14)17-7/h2,5-7,14-15H,1,3H2,(H2,11,12,16)/t5?,6-,7-/m1/s1. The van der Waals surface area contributed by atoms with Crippen molar-refractivity contribution in [2.75, 3.05) is 12.3 Å². The van der Waals surface area contributed by atoms with E-state index < -0.39 is 24.1 Å². The maximum atomic E-state index is 11.6. The van der Waals surface area contributed by atoms with E-state index in [9.17, 15) is 9.90 Å². The van der Waals surface area contributed by atoms with Crippen LogP contribution in [0.15, 0.2) is 11.0 Å². The average Bonchev–Trinajstić information content (AvgIpc) is 2.65. The first-order valence-electron chi connectivity index (χ1n) is 5.01. The van der Waals surface area contributed by atoms with Crippen molar-refractivity contribution in [1.82, 2.24) is 9.55 Å². The Morgan fingerprint density at radius 1 is 1.71 bits per heavy atom. The van der Waals surface area contributed by atoms with E-state index >= 15 is 0 Å². The van der Waals surface area contributed by atoms with Gasteiger partial charge in [0.2, 0.25) is 0 Å². The molecule has 1 saturated heterocycles. The summed E-state index contributed by atoms with van der Waals surface area (Å²) in [6.07, 6.45) is -0.291. The summed E-state index contributed by atoms with van der Waals surface area (Å²) in [5.74, 6) is 0.170. The van der Waals surface area contributed by atoms with Crippen LogP contribution in [0, 0.1) is 3.57 Å². The maximum absolute atomic E-state index is 11.6. The van der Waals surface area contributed by atoms with Crippen molar-refractivity contribution in [2.45, 2.75) is 24.9 Å². The lowest BCUT2D eigenvalue weighted by Gasteiger charge is -2.14. The Balaban J connectivity index is 2.30. The van der Waals surface area contributed by atoms with E-state index in [2.05, 4.69) is 4.98 Å². The molecule has 17 heavy (non-hydrogen) atoms. The molecule has 0 bridgehead atoms. The third-order valence-corrected chi connectivity index (χ3v) is 3.46. The van der Waals surface area contributed by atoms with Crippen molar-refractivity contribution >= 4 is 28.4 Å². The zero-order valence-corrected chi connectivity index (χ0v) is 10.9. The van der Waals surface area contributed by atoms with Gasteiger partial charge in [-0.2, -0.15) is 4.98 Å². The molecule has 8 heteroatoms. The van der Waals surface area contributed by atoms with Gasteiger partial charge in [-0.3, -0.25) is 4.57 Å². The zero-order valence-electron chi connectivity index (χ0n) is 8.78. The van der Waals surface area contributed by atoms with Crippen LogP contribution in [0.25, 0.3) is 0 Å². The number of anilines is 1. The molecule has 2 heterocycles. The van der Waals surface area contributed by atoms with Crippen molar-refractivity contribution in [3.8, 4) is 0 Å².